The fourth-order valence-corrected chi connectivity index (χ4v) is 4.32. The van der Waals surface area contributed by atoms with E-state index in [1.54, 1.807) is 25.3 Å². The molecule has 0 saturated carbocycles. The Bertz CT molecular complexity index is 1220. The summed E-state index contributed by atoms with van der Waals surface area (Å²) in [5, 5.41) is 5.03. The van der Waals surface area contributed by atoms with Crippen molar-refractivity contribution in [3.8, 4) is 17.2 Å². The van der Waals surface area contributed by atoms with Crippen LogP contribution in [0, 0.1) is 6.92 Å². The van der Waals surface area contributed by atoms with Crippen LogP contribution in [-0.2, 0) is 9.59 Å². The number of aryl methyl sites for hydroxylation is 1. The number of amides is 2. The smallest absolute Gasteiger partial charge is 0.282 e. The Balaban J connectivity index is 1.81. The van der Waals surface area contributed by atoms with Gasteiger partial charge in [0.1, 0.15) is 11.4 Å². The van der Waals surface area contributed by atoms with Crippen LogP contribution in [0.4, 0.5) is 11.4 Å². The van der Waals surface area contributed by atoms with E-state index >= 15 is 0 Å². The van der Waals surface area contributed by atoms with Crippen LogP contribution in [0.2, 0.25) is 0 Å². The topological polar surface area (TPSA) is 77.1 Å². The molecule has 0 saturated heterocycles. The van der Waals surface area contributed by atoms with Crippen LogP contribution in [0.3, 0.4) is 0 Å². The molecule has 2 amide bonds. The van der Waals surface area contributed by atoms with Crippen LogP contribution in [0.25, 0.3) is 5.57 Å². The average Bonchev–Trinajstić information content (AvgIpc) is 3.40. The molecule has 0 fully saturated rings. The first-order valence-corrected chi connectivity index (χ1v) is 10.7. The number of carbonyl (C=O) groups is 2. The van der Waals surface area contributed by atoms with Gasteiger partial charge in [-0.05, 0) is 48.2 Å². The third-order valence-corrected chi connectivity index (χ3v) is 5.98. The molecule has 0 aliphatic carbocycles. The second-order valence-corrected chi connectivity index (χ2v) is 7.99. The number of nitrogens with zero attached hydrogens (tertiary/aromatic N) is 1. The van der Waals surface area contributed by atoms with Crippen molar-refractivity contribution in [2.45, 2.75) is 6.92 Å². The summed E-state index contributed by atoms with van der Waals surface area (Å²) in [5.41, 5.74) is 2.48. The molecule has 0 atom stereocenters. The van der Waals surface area contributed by atoms with Gasteiger partial charge in [0.2, 0.25) is 0 Å². The molecule has 3 aromatic rings. The molecular formula is C24H22N2O5S. The summed E-state index contributed by atoms with van der Waals surface area (Å²) < 4.78 is 16.1. The second-order valence-electron chi connectivity index (χ2n) is 7.04. The van der Waals surface area contributed by atoms with Crippen LogP contribution in [0.1, 0.15) is 10.4 Å². The lowest BCUT2D eigenvalue weighted by Gasteiger charge is -2.18. The number of anilines is 2. The van der Waals surface area contributed by atoms with E-state index < -0.39 is 11.8 Å². The van der Waals surface area contributed by atoms with Crippen molar-refractivity contribution in [1.29, 1.82) is 0 Å². The number of methoxy groups -OCH3 is 3. The van der Waals surface area contributed by atoms with E-state index in [-0.39, 0.29) is 5.70 Å². The zero-order valence-corrected chi connectivity index (χ0v) is 18.9. The lowest BCUT2D eigenvalue weighted by atomic mass is 10.1. The fraction of sp³-hybridized carbons (Fsp3) is 0.167. The minimum atomic E-state index is -0.464. The Morgan fingerprint density at radius 1 is 0.844 bits per heavy atom. The van der Waals surface area contributed by atoms with E-state index in [2.05, 4.69) is 5.32 Å². The van der Waals surface area contributed by atoms with E-state index in [0.29, 0.717) is 39.1 Å². The number of nitrogens with one attached hydrogen (secondary N) is 1. The highest BCUT2D eigenvalue weighted by Gasteiger charge is 2.41. The minimum absolute atomic E-state index is 0.191. The molecule has 4 rings (SSSR count). The molecule has 7 nitrogen and oxygen atoms in total. The maximum absolute atomic E-state index is 13.5. The molecule has 0 bridgehead atoms. The number of thiophene rings is 1. The predicted molar refractivity (Wildman–Crippen MR) is 125 cm³/mol. The van der Waals surface area contributed by atoms with E-state index in [1.165, 1.54) is 25.6 Å². The number of hydrogen-bond donors (Lipinski definition) is 1. The average molecular weight is 451 g/mol. The van der Waals surface area contributed by atoms with Crippen LogP contribution in [-0.4, -0.2) is 33.1 Å². The Kier molecular flexibility index (Phi) is 5.87. The number of rotatable bonds is 7. The summed E-state index contributed by atoms with van der Waals surface area (Å²) in [6.07, 6.45) is 0. The molecule has 2 heterocycles. The zero-order valence-electron chi connectivity index (χ0n) is 18.1. The minimum Gasteiger partial charge on any atom is -0.495 e. The van der Waals surface area contributed by atoms with Crippen LogP contribution in [0.15, 0.2) is 59.6 Å². The van der Waals surface area contributed by atoms with Crippen LogP contribution >= 0.6 is 11.3 Å². The first-order valence-electron chi connectivity index (χ1n) is 9.79. The highest BCUT2D eigenvalue weighted by atomic mass is 32.1. The van der Waals surface area contributed by atoms with Crippen molar-refractivity contribution in [2.24, 2.45) is 0 Å². The largest absolute Gasteiger partial charge is 0.495 e. The molecular weight excluding hydrogens is 428 g/mol. The van der Waals surface area contributed by atoms with Gasteiger partial charge in [-0.3, -0.25) is 9.59 Å². The summed E-state index contributed by atoms with van der Waals surface area (Å²) in [6.45, 7) is 1.94. The monoisotopic (exact) mass is 450 g/mol. The molecule has 8 heteroatoms. The Hall–Kier alpha value is -3.78. The molecule has 164 valence electrons. The quantitative estimate of drug-likeness (QED) is 0.535. The predicted octanol–water partition coefficient (Wildman–Crippen LogP) is 4.48. The zero-order chi connectivity index (χ0) is 22.8. The van der Waals surface area contributed by atoms with Gasteiger partial charge in [-0.1, -0.05) is 12.1 Å². The van der Waals surface area contributed by atoms with E-state index in [1.807, 2.05) is 42.6 Å². The molecule has 0 spiro atoms. The highest BCUT2D eigenvalue weighted by Crippen LogP contribution is 2.39. The lowest BCUT2D eigenvalue weighted by molar-refractivity contribution is -0.120. The maximum Gasteiger partial charge on any atom is 0.282 e. The number of carbonyl (C=O) groups excluding carboxylic acids is 2. The van der Waals surface area contributed by atoms with Gasteiger partial charge in [0.15, 0.2) is 11.5 Å². The number of ether oxygens (including phenoxy) is 3. The summed E-state index contributed by atoms with van der Waals surface area (Å²) >= 11 is 1.39. The van der Waals surface area contributed by atoms with Gasteiger partial charge in [0, 0.05) is 10.9 Å². The number of benzene rings is 2. The van der Waals surface area contributed by atoms with Crippen molar-refractivity contribution < 1.29 is 23.8 Å². The third-order valence-electron chi connectivity index (χ3n) is 5.09. The molecule has 1 N–H and O–H groups in total. The summed E-state index contributed by atoms with van der Waals surface area (Å²) in [6, 6.07) is 14.2. The highest BCUT2D eigenvalue weighted by molar-refractivity contribution is 7.11. The first-order chi connectivity index (χ1) is 15.5. The summed E-state index contributed by atoms with van der Waals surface area (Å²) in [7, 11) is 4.58. The molecule has 1 aliphatic heterocycles. The molecule has 0 radical (unpaired) electrons. The van der Waals surface area contributed by atoms with E-state index in [4.69, 9.17) is 14.2 Å². The van der Waals surface area contributed by atoms with Crippen molar-refractivity contribution in [3.63, 3.8) is 0 Å². The molecule has 1 aliphatic rings. The van der Waals surface area contributed by atoms with Crippen molar-refractivity contribution in [3.05, 3.63) is 70.0 Å². The summed E-state index contributed by atoms with van der Waals surface area (Å²) in [5.74, 6) is 0.612. The van der Waals surface area contributed by atoms with Gasteiger partial charge in [-0.25, -0.2) is 4.90 Å². The molecule has 0 unspecified atom stereocenters. The summed E-state index contributed by atoms with van der Waals surface area (Å²) in [4.78, 5) is 28.9. The SMILES string of the molecule is COc1ccc(C)cc1NC1=C(c2cccs2)C(=O)N(c2ccc(OC)c(OC)c2)C1=O. The van der Waals surface area contributed by atoms with Crippen molar-refractivity contribution in [1.82, 2.24) is 0 Å². The Labute approximate surface area is 189 Å². The lowest BCUT2D eigenvalue weighted by Crippen LogP contribution is -2.32. The Morgan fingerprint density at radius 3 is 2.22 bits per heavy atom. The molecule has 32 heavy (non-hydrogen) atoms. The van der Waals surface area contributed by atoms with Gasteiger partial charge in [0.05, 0.1) is 38.3 Å². The second kappa shape index (κ2) is 8.76. The van der Waals surface area contributed by atoms with Crippen LogP contribution < -0.4 is 24.4 Å². The van der Waals surface area contributed by atoms with Crippen LogP contribution in [0.5, 0.6) is 17.2 Å². The van der Waals surface area contributed by atoms with E-state index in [9.17, 15) is 9.59 Å². The maximum atomic E-state index is 13.5. The van der Waals surface area contributed by atoms with Crippen molar-refractivity contribution >= 4 is 40.1 Å². The third kappa shape index (κ3) is 3.69. The Morgan fingerprint density at radius 2 is 1.56 bits per heavy atom. The van der Waals surface area contributed by atoms with Crippen molar-refractivity contribution in [2.75, 3.05) is 31.5 Å². The van der Waals surface area contributed by atoms with Gasteiger partial charge in [-0.2, -0.15) is 0 Å². The standard InChI is InChI=1S/C24H22N2O5S/c1-14-7-9-17(29-2)16(12-14)25-22-21(20-6-5-11-32-20)23(27)26(24(22)28)15-8-10-18(30-3)19(13-15)31-4/h5-13,25H,1-4H3. The van der Waals surface area contributed by atoms with Gasteiger partial charge >= 0.3 is 0 Å². The van der Waals surface area contributed by atoms with E-state index in [0.717, 1.165) is 10.5 Å². The normalized spacial score (nSPS) is 13.6. The number of hydrogen-bond acceptors (Lipinski definition) is 7. The fourth-order valence-electron chi connectivity index (χ4n) is 3.55. The number of imide groups is 1. The van der Waals surface area contributed by atoms with Gasteiger partial charge < -0.3 is 19.5 Å². The van der Waals surface area contributed by atoms with Gasteiger partial charge in [0.25, 0.3) is 11.8 Å². The van der Waals surface area contributed by atoms with Gasteiger partial charge in [-0.15, -0.1) is 11.3 Å². The molecule has 2 aromatic carbocycles. The first kappa shape index (κ1) is 21.5. The molecule has 1 aromatic heterocycles.